The van der Waals surface area contributed by atoms with Crippen molar-refractivity contribution in [3.63, 3.8) is 0 Å². The molecule has 0 aromatic carbocycles. The normalized spacial score (nSPS) is 16.4. The van der Waals surface area contributed by atoms with Crippen LogP contribution in [0.1, 0.15) is 0 Å². The van der Waals surface area contributed by atoms with E-state index in [1.54, 1.807) is 0 Å². The molecule has 0 bridgehead atoms. The van der Waals surface area contributed by atoms with E-state index in [2.05, 4.69) is 17.9 Å². The Kier molecular flexibility index (Phi) is 5.15. The van der Waals surface area contributed by atoms with E-state index in [9.17, 15) is 4.20 Å². The van der Waals surface area contributed by atoms with E-state index in [0.717, 1.165) is 0 Å². The van der Waals surface area contributed by atoms with Gasteiger partial charge in [-0.15, -0.1) is 17.9 Å². The van der Waals surface area contributed by atoms with Gasteiger partial charge in [0.25, 0.3) is 0 Å². The summed E-state index contributed by atoms with van der Waals surface area (Å²) in [7, 11) is 4.73. The molecule has 0 nitrogen and oxygen atoms in total. The molecule has 0 heterocycles. The molecule has 0 aromatic rings. The van der Waals surface area contributed by atoms with Crippen LogP contribution in [0.5, 0.6) is 0 Å². The Labute approximate surface area is 54.6 Å². The summed E-state index contributed by atoms with van der Waals surface area (Å²) in [4.78, 5) is 0. The smallest absolute Gasteiger partial charge is 0.234 e. The minimum absolute atomic E-state index is 0.528. The largest absolute Gasteiger partial charge is 0.236 e. The Hall–Kier alpha value is 2.14. The van der Waals surface area contributed by atoms with Gasteiger partial charge in [-0.2, -0.15) is 0 Å². The summed E-state index contributed by atoms with van der Waals surface area (Å²) in [6, 6.07) is 0. The third-order valence-corrected chi connectivity index (χ3v) is 5.79. The van der Waals surface area contributed by atoms with Crippen LogP contribution in [-0.2, 0) is 0 Å². The molecule has 7 heteroatoms. The van der Waals surface area contributed by atoms with Gasteiger partial charge < -0.3 is 0 Å². The molecule has 0 N–H and O–H groups in total. The number of hydrogen-bond donors (Lipinski definition) is 0. The Morgan fingerprint density at radius 3 is 2.00 bits per heavy atom. The van der Waals surface area contributed by atoms with Crippen molar-refractivity contribution in [3.05, 3.63) is 0 Å². The van der Waals surface area contributed by atoms with Crippen LogP contribution in [0.25, 0.3) is 0 Å². The second-order valence-corrected chi connectivity index (χ2v) is 10.3. The van der Waals surface area contributed by atoms with Gasteiger partial charge in [-0.25, -0.2) is 4.20 Å². The van der Waals surface area contributed by atoms with Gasteiger partial charge in [0.05, 0.1) is 7.80 Å². The van der Waals surface area contributed by atoms with E-state index in [-0.39, 0.29) is 0 Å². The summed E-state index contributed by atoms with van der Waals surface area (Å²) in [6.07, 6.45) is 0. The quantitative estimate of drug-likeness (QED) is 0.466. The van der Waals surface area contributed by atoms with E-state index >= 15 is 0 Å². The highest BCUT2D eigenvalue weighted by Gasteiger charge is 2.03. The number of rotatable bonds is 2. The third-order valence-electron chi connectivity index (χ3n) is 0.244. The molecular formula is H7BFP5. The van der Waals surface area contributed by atoms with Gasteiger partial charge in [0.1, 0.15) is 0 Å². The first-order valence-electron chi connectivity index (χ1n) is 2.04. The van der Waals surface area contributed by atoms with Crippen molar-refractivity contribution in [3.8, 4) is 0 Å². The second-order valence-electron chi connectivity index (χ2n) is 0.907. The first kappa shape index (κ1) is 7.25. The first-order valence-corrected chi connectivity index (χ1v) is 9.03. The van der Waals surface area contributed by atoms with E-state index in [1.807, 2.05) is 8.93 Å². The van der Waals surface area contributed by atoms with Crippen molar-refractivity contribution < 1.29 is 4.20 Å². The van der Waals surface area contributed by atoms with Crippen LogP contribution in [0, 0.1) is 0 Å². The van der Waals surface area contributed by atoms with Gasteiger partial charge in [-0.1, -0.05) is 16.1 Å². The highest BCUT2D eigenvalue weighted by Crippen LogP contribution is 2.62. The average molecular weight is 193 g/mol. The molecule has 0 aliphatic heterocycles. The topological polar surface area (TPSA) is 0 Å². The van der Waals surface area contributed by atoms with Crippen LogP contribution >= 0.6 is 41.8 Å². The van der Waals surface area contributed by atoms with Crippen molar-refractivity contribution >= 4 is 48.4 Å². The molecule has 4 atom stereocenters. The maximum absolute atomic E-state index is 12.2. The van der Waals surface area contributed by atoms with Crippen molar-refractivity contribution in [1.29, 1.82) is 1.34 Å². The van der Waals surface area contributed by atoms with Crippen molar-refractivity contribution in [2.75, 3.05) is 0 Å². The molecule has 0 spiro atoms. The highest BCUT2D eigenvalue weighted by atomic mass is 32.4. The lowest BCUT2D eigenvalue weighted by Crippen LogP contribution is -1.61. The summed E-state index contributed by atoms with van der Waals surface area (Å²) in [5.74, 6) is 0. The van der Waals surface area contributed by atoms with Crippen molar-refractivity contribution in [1.82, 2.24) is 0 Å². The fraction of sp³-hybridized carbons (Fsp3) is 0. The van der Waals surface area contributed by atoms with Crippen molar-refractivity contribution in [2.45, 2.75) is 0 Å². The average Bonchev–Trinajstić information content (AvgIpc) is 1.64. The molecule has 0 rings (SSSR count). The van der Waals surface area contributed by atoms with Crippen LogP contribution < -0.4 is 0 Å². The molecule has 0 saturated carbocycles. The number of hydrogen-bond acceptors (Lipinski definition) is 0. The maximum Gasteiger partial charge on any atom is 0.236 e. The lowest BCUT2D eigenvalue weighted by Gasteiger charge is -2.00. The zero-order valence-corrected chi connectivity index (χ0v) is 8.83. The summed E-state index contributed by atoms with van der Waals surface area (Å²) in [5.41, 5.74) is 0. The van der Waals surface area contributed by atoms with Gasteiger partial charge in [-0.3, -0.25) is 0 Å². The van der Waals surface area contributed by atoms with E-state index < -0.39 is 21.7 Å². The summed E-state index contributed by atoms with van der Waals surface area (Å²) < 4.78 is 19.3. The van der Waals surface area contributed by atoms with Crippen LogP contribution in [0.15, 0.2) is 0 Å². The molecule has 0 fully saturated rings. The fourth-order valence-electron chi connectivity index (χ4n) is 0.127. The summed E-state index contributed by atoms with van der Waals surface area (Å²) in [6.45, 7) is -0.528. The van der Waals surface area contributed by atoms with Crippen LogP contribution in [-0.4, -0.2) is 8.02 Å². The van der Waals surface area contributed by atoms with E-state index in [4.69, 9.17) is 1.34 Å². The molecular weight excluding hydrogens is 185 g/mol. The molecule has 42 valence electrons. The predicted octanol–water partition coefficient (Wildman–Crippen LogP) is 2.47. The number of halogens is 1. The molecule has 0 saturated heterocycles. The Bertz CT molecular complexity index is 57.4. The minimum Gasteiger partial charge on any atom is -0.234 e. The van der Waals surface area contributed by atoms with Crippen LogP contribution in [0.3, 0.4) is 0 Å². The monoisotopic (exact) mass is 193 g/mol. The summed E-state index contributed by atoms with van der Waals surface area (Å²) >= 11 is 0. The lowest BCUT2D eigenvalue weighted by atomic mass is 10.7. The fourth-order valence-corrected chi connectivity index (χ4v) is 7.60. The maximum atomic E-state index is 12.2. The standard InChI is InChI=1S/BFH7P5/c2-6(3)1-7(4)5/h1H,3-5H2/i1D. The predicted molar refractivity (Wildman–Crippen MR) is 51.2 cm³/mol. The molecule has 7 heavy (non-hydrogen) atoms. The lowest BCUT2D eigenvalue weighted by molar-refractivity contribution is 0.930. The first-order chi connectivity index (χ1) is 3.55. The zero-order chi connectivity index (χ0) is 6.73. The van der Waals surface area contributed by atoms with Gasteiger partial charge in [0.15, 0.2) is 0 Å². The molecule has 0 radical (unpaired) electrons. The summed E-state index contributed by atoms with van der Waals surface area (Å²) in [5, 5.41) is 0. The van der Waals surface area contributed by atoms with Crippen molar-refractivity contribution in [2.24, 2.45) is 0 Å². The molecule has 0 amide bonds. The van der Waals surface area contributed by atoms with Gasteiger partial charge in [0, 0.05) is 0 Å². The van der Waals surface area contributed by atoms with Crippen LogP contribution in [0.2, 0.25) is 0 Å². The molecule has 4 unspecified atom stereocenters. The highest BCUT2D eigenvalue weighted by molar-refractivity contribution is 8.63. The van der Waals surface area contributed by atoms with E-state index in [1.165, 1.54) is 0 Å². The van der Waals surface area contributed by atoms with Crippen LogP contribution in [0.4, 0.5) is 4.20 Å². The third kappa shape index (κ3) is 8.14. The Morgan fingerprint density at radius 2 is 2.00 bits per heavy atom. The van der Waals surface area contributed by atoms with Gasteiger partial charge >= 0.3 is 0 Å². The Balaban J connectivity index is 3.46. The SMILES string of the molecule is [2H]B(P(F)P)P(P)P. The Morgan fingerprint density at radius 1 is 1.57 bits per heavy atom. The molecule has 0 aromatic heterocycles. The molecule has 0 aliphatic carbocycles. The second kappa shape index (κ2) is 4.97. The zero-order valence-electron chi connectivity index (χ0n) is 4.58. The van der Waals surface area contributed by atoms with Gasteiger partial charge in [0.2, 0.25) is 6.68 Å². The minimum atomic E-state index is -1.63. The molecule has 0 aliphatic rings. The van der Waals surface area contributed by atoms with Gasteiger partial charge in [-0.05, 0) is 1.34 Å². The van der Waals surface area contributed by atoms with E-state index in [0.29, 0.717) is 0 Å².